The number of carboxylic acids is 1. The highest BCUT2D eigenvalue weighted by Crippen LogP contribution is 2.23. The molecule has 0 spiro atoms. The summed E-state index contributed by atoms with van der Waals surface area (Å²) in [6.45, 7) is 7.63. The van der Waals surface area contributed by atoms with Gasteiger partial charge in [0.2, 0.25) is 5.91 Å². The van der Waals surface area contributed by atoms with Crippen LogP contribution in [0.3, 0.4) is 0 Å². The van der Waals surface area contributed by atoms with Crippen LogP contribution in [0.25, 0.3) is 0 Å². The van der Waals surface area contributed by atoms with Gasteiger partial charge in [-0.25, -0.2) is 0 Å². The van der Waals surface area contributed by atoms with Crippen molar-refractivity contribution in [3.8, 4) is 0 Å². The Labute approximate surface area is 121 Å². The van der Waals surface area contributed by atoms with Gasteiger partial charge in [0.25, 0.3) is 0 Å². The minimum atomic E-state index is -0.784. The van der Waals surface area contributed by atoms with Gasteiger partial charge in [0, 0.05) is 32.0 Å². The lowest BCUT2D eigenvalue weighted by molar-refractivity contribution is -0.140. The third-order valence-corrected chi connectivity index (χ3v) is 3.65. The van der Waals surface area contributed by atoms with Crippen LogP contribution < -0.4 is 5.73 Å². The third-order valence-electron chi connectivity index (χ3n) is 3.65. The number of aliphatic carboxylic acids is 1. The minimum Gasteiger partial charge on any atom is -0.481 e. The summed E-state index contributed by atoms with van der Waals surface area (Å²) in [7, 11) is 0. The van der Waals surface area contributed by atoms with E-state index in [2.05, 4.69) is 20.8 Å². The van der Waals surface area contributed by atoms with Gasteiger partial charge in [-0.1, -0.05) is 20.8 Å². The molecule has 20 heavy (non-hydrogen) atoms. The molecule has 0 aromatic rings. The van der Waals surface area contributed by atoms with Crippen molar-refractivity contribution in [1.29, 1.82) is 0 Å². The molecule has 2 unspecified atom stereocenters. The molecular weight excluding hydrogens is 256 g/mol. The monoisotopic (exact) mass is 284 g/mol. The molecule has 1 aliphatic rings. The Morgan fingerprint density at radius 1 is 1.40 bits per heavy atom. The fraction of sp³-hybridized carbons (Fsp3) is 0.867. The second-order valence-electron chi connectivity index (χ2n) is 7.17. The lowest BCUT2D eigenvalue weighted by atomic mass is 9.87. The first-order valence-electron chi connectivity index (χ1n) is 7.42. The first kappa shape index (κ1) is 17.0. The van der Waals surface area contributed by atoms with E-state index in [9.17, 15) is 9.59 Å². The fourth-order valence-electron chi connectivity index (χ4n) is 2.92. The highest BCUT2D eigenvalue weighted by Gasteiger charge is 2.27. The summed E-state index contributed by atoms with van der Waals surface area (Å²) in [4.78, 5) is 24.8. The van der Waals surface area contributed by atoms with Crippen molar-refractivity contribution in [2.24, 2.45) is 17.1 Å². The van der Waals surface area contributed by atoms with Gasteiger partial charge in [-0.2, -0.15) is 0 Å². The number of rotatable bonds is 5. The SMILES string of the molecule is CC(C)(C)CC(N)CC(=O)N1CCCC(CC(=O)O)C1. The molecule has 1 rings (SSSR count). The summed E-state index contributed by atoms with van der Waals surface area (Å²) >= 11 is 0. The van der Waals surface area contributed by atoms with Crippen molar-refractivity contribution in [1.82, 2.24) is 4.90 Å². The Hall–Kier alpha value is -1.10. The molecule has 5 nitrogen and oxygen atoms in total. The van der Waals surface area contributed by atoms with Crippen LogP contribution in [0.4, 0.5) is 0 Å². The standard InChI is InChI=1S/C15H28N2O3/c1-15(2,3)9-12(16)8-13(18)17-6-4-5-11(10-17)7-14(19)20/h11-12H,4-10,16H2,1-3H3,(H,19,20). The number of piperidine rings is 1. The molecule has 0 aromatic carbocycles. The van der Waals surface area contributed by atoms with Gasteiger partial charge in [0.1, 0.15) is 0 Å². The highest BCUT2D eigenvalue weighted by molar-refractivity contribution is 5.77. The molecule has 1 saturated heterocycles. The van der Waals surface area contributed by atoms with Crippen LogP contribution in [0.15, 0.2) is 0 Å². The second-order valence-corrected chi connectivity index (χ2v) is 7.17. The van der Waals surface area contributed by atoms with Crippen LogP contribution in [-0.4, -0.2) is 41.0 Å². The smallest absolute Gasteiger partial charge is 0.303 e. The zero-order chi connectivity index (χ0) is 15.3. The lowest BCUT2D eigenvalue weighted by Gasteiger charge is -2.33. The van der Waals surface area contributed by atoms with E-state index in [4.69, 9.17) is 10.8 Å². The molecule has 0 radical (unpaired) electrons. The van der Waals surface area contributed by atoms with Gasteiger partial charge in [-0.15, -0.1) is 0 Å². The van der Waals surface area contributed by atoms with Crippen molar-refractivity contribution in [3.63, 3.8) is 0 Å². The molecule has 3 N–H and O–H groups in total. The second kappa shape index (κ2) is 7.07. The van der Waals surface area contributed by atoms with Gasteiger partial charge in [-0.05, 0) is 30.6 Å². The number of likely N-dealkylation sites (tertiary alicyclic amines) is 1. The van der Waals surface area contributed by atoms with E-state index < -0.39 is 5.97 Å². The summed E-state index contributed by atoms with van der Waals surface area (Å²) in [6.07, 6.45) is 3.10. The van der Waals surface area contributed by atoms with Gasteiger partial charge in [0.15, 0.2) is 0 Å². The van der Waals surface area contributed by atoms with Crippen LogP contribution in [0.1, 0.15) is 52.9 Å². The minimum absolute atomic E-state index is 0.0665. The maximum absolute atomic E-state index is 12.2. The Morgan fingerprint density at radius 3 is 2.60 bits per heavy atom. The Bertz CT molecular complexity index is 350. The first-order valence-corrected chi connectivity index (χ1v) is 7.42. The van der Waals surface area contributed by atoms with Crippen LogP contribution in [0.5, 0.6) is 0 Å². The van der Waals surface area contributed by atoms with E-state index in [0.717, 1.165) is 25.8 Å². The lowest BCUT2D eigenvalue weighted by Crippen LogP contribution is -2.43. The number of carbonyl (C=O) groups excluding carboxylic acids is 1. The zero-order valence-corrected chi connectivity index (χ0v) is 12.9. The molecule has 2 atom stereocenters. The van der Waals surface area contributed by atoms with Crippen LogP contribution in [-0.2, 0) is 9.59 Å². The average molecular weight is 284 g/mol. The molecule has 0 bridgehead atoms. The fourth-order valence-corrected chi connectivity index (χ4v) is 2.92. The number of carboxylic acid groups (broad SMARTS) is 1. The average Bonchev–Trinajstić information content (AvgIpc) is 2.25. The maximum Gasteiger partial charge on any atom is 0.303 e. The van der Waals surface area contributed by atoms with Crippen molar-refractivity contribution in [3.05, 3.63) is 0 Å². The number of nitrogens with zero attached hydrogens (tertiary/aromatic N) is 1. The van der Waals surface area contributed by atoms with E-state index in [-0.39, 0.29) is 29.7 Å². The summed E-state index contributed by atoms with van der Waals surface area (Å²) in [5.74, 6) is -0.630. The van der Waals surface area contributed by atoms with E-state index in [1.807, 2.05) is 0 Å². The highest BCUT2D eigenvalue weighted by atomic mass is 16.4. The Kier molecular flexibility index (Phi) is 5.99. The predicted octanol–water partition coefficient (Wildman–Crippen LogP) is 1.85. The zero-order valence-electron chi connectivity index (χ0n) is 12.9. The Morgan fingerprint density at radius 2 is 2.05 bits per heavy atom. The van der Waals surface area contributed by atoms with Crippen LogP contribution in [0, 0.1) is 11.3 Å². The molecule has 0 aromatic heterocycles. The molecule has 1 amide bonds. The number of hydrogen-bond acceptors (Lipinski definition) is 3. The third kappa shape index (κ3) is 6.37. The molecule has 1 aliphatic heterocycles. The van der Waals surface area contributed by atoms with Gasteiger partial charge in [0.05, 0.1) is 0 Å². The number of nitrogens with two attached hydrogens (primary N) is 1. The van der Waals surface area contributed by atoms with E-state index in [0.29, 0.717) is 13.0 Å². The van der Waals surface area contributed by atoms with Gasteiger partial charge < -0.3 is 15.7 Å². The quantitative estimate of drug-likeness (QED) is 0.807. The molecule has 0 aliphatic carbocycles. The normalized spacial score (nSPS) is 21.6. The largest absolute Gasteiger partial charge is 0.481 e. The molecule has 1 heterocycles. The van der Waals surface area contributed by atoms with Crippen molar-refractivity contribution in [2.75, 3.05) is 13.1 Å². The summed E-state index contributed by atoms with van der Waals surface area (Å²) in [5, 5.41) is 8.84. The molecule has 0 saturated carbocycles. The van der Waals surface area contributed by atoms with Crippen LogP contribution >= 0.6 is 0 Å². The number of carbonyl (C=O) groups is 2. The van der Waals surface area contributed by atoms with Crippen LogP contribution in [0.2, 0.25) is 0 Å². The van der Waals surface area contributed by atoms with E-state index in [1.54, 1.807) is 4.90 Å². The maximum atomic E-state index is 12.2. The van der Waals surface area contributed by atoms with Crippen molar-refractivity contribution < 1.29 is 14.7 Å². The van der Waals surface area contributed by atoms with Crippen molar-refractivity contribution in [2.45, 2.75) is 58.9 Å². The number of hydrogen-bond donors (Lipinski definition) is 2. The molecule has 1 fully saturated rings. The topological polar surface area (TPSA) is 83.6 Å². The predicted molar refractivity (Wildman–Crippen MR) is 78.2 cm³/mol. The Balaban J connectivity index is 2.44. The van der Waals surface area contributed by atoms with Gasteiger partial charge >= 0.3 is 5.97 Å². The molecular formula is C15H28N2O3. The summed E-state index contributed by atoms with van der Waals surface area (Å²) < 4.78 is 0. The van der Waals surface area contributed by atoms with Gasteiger partial charge in [-0.3, -0.25) is 9.59 Å². The molecule has 116 valence electrons. The molecule has 5 heteroatoms. The summed E-state index contributed by atoms with van der Waals surface area (Å²) in [6, 6.07) is -0.123. The van der Waals surface area contributed by atoms with Crippen molar-refractivity contribution >= 4 is 11.9 Å². The number of amides is 1. The van der Waals surface area contributed by atoms with E-state index >= 15 is 0 Å². The van der Waals surface area contributed by atoms with E-state index in [1.165, 1.54) is 0 Å². The summed E-state index contributed by atoms with van der Waals surface area (Å²) in [5.41, 5.74) is 6.16. The first-order chi connectivity index (χ1) is 9.17.